The van der Waals surface area contributed by atoms with Crippen molar-refractivity contribution in [2.75, 3.05) is 49.5 Å². The van der Waals surface area contributed by atoms with Crippen molar-refractivity contribution in [3.05, 3.63) is 100 Å². The zero-order chi connectivity index (χ0) is 69.5. The number of halogens is 2. The molecule has 1 spiro atoms. The van der Waals surface area contributed by atoms with Crippen LogP contribution < -0.4 is 30.9 Å². The third-order valence-electron chi connectivity index (χ3n) is 21.0. The number of aromatic nitrogens is 4. The highest BCUT2D eigenvalue weighted by atomic mass is 32.1. The summed E-state index contributed by atoms with van der Waals surface area (Å²) in [5.74, 6) is -1.50. The van der Waals surface area contributed by atoms with E-state index in [4.69, 9.17) is 14.7 Å². The number of carbonyl (C=O) groups is 6. The lowest BCUT2D eigenvalue weighted by Crippen LogP contribution is -2.59. The van der Waals surface area contributed by atoms with E-state index in [1.54, 1.807) is 39.5 Å². The molecule has 524 valence electrons. The number of ether oxygens (including phenoxy) is 1. The van der Waals surface area contributed by atoms with Crippen molar-refractivity contribution in [2.24, 2.45) is 5.41 Å². The van der Waals surface area contributed by atoms with Crippen LogP contribution in [0.4, 0.5) is 26.0 Å². The number of nitrogens with one attached hydrogen (secondary N) is 4. The summed E-state index contributed by atoms with van der Waals surface area (Å²) in [7, 11) is 0. The summed E-state index contributed by atoms with van der Waals surface area (Å²) in [6, 6.07) is 15.1. The third kappa shape index (κ3) is 14.6. The first-order valence-corrected chi connectivity index (χ1v) is 36.4. The number of piperidine rings is 2. The predicted molar refractivity (Wildman–Crippen MR) is 375 cm³/mol. The van der Waals surface area contributed by atoms with Crippen molar-refractivity contribution >= 4 is 75.0 Å². The van der Waals surface area contributed by atoms with Gasteiger partial charge in [-0.2, -0.15) is 0 Å². The minimum Gasteiger partial charge on any atom is -0.493 e. The van der Waals surface area contributed by atoms with Crippen LogP contribution in [0.5, 0.6) is 5.75 Å². The molecular weight excluding hydrogens is 1270 g/mol. The number of nitrogens with zero attached hydrogens (tertiary/aromatic N) is 8. The Morgan fingerprint density at radius 2 is 1.55 bits per heavy atom. The molecular formula is C75H96F2N12O8S. The quantitative estimate of drug-likeness (QED) is 0.0355. The Labute approximate surface area is 577 Å². The number of anilines is 3. The molecule has 3 saturated heterocycles. The van der Waals surface area contributed by atoms with Crippen molar-refractivity contribution in [3.8, 4) is 27.4 Å². The molecule has 3 aromatic carbocycles. The molecule has 7 heterocycles. The van der Waals surface area contributed by atoms with Crippen LogP contribution in [0.25, 0.3) is 32.7 Å². The van der Waals surface area contributed by atoms with Gasteiger partial charge >= 0.3 is 0 Å². The largest absolute Gasteiger partial charge is 0.493 e. The third-order valence-corrected chi connectivity index (χ3v) is 22.0. The molecule has 3 aromatic heterocycles. The molecule has 20 nitrogen and oxygen atoms in total. The summed E-state index contributed by atoms with van der Waals surface area (Å²) in [6.07, 6.45) is 12.0. The van der Waals surface area contributed by atoms with Gasteiger partial charge in [0.1, 0.15) is 29.2 Å². The van der Waals surface area contributed by atoms with Gasteiger partial charge in [-0.25, -0.2) is 23.7 Å². The van der Waals surface area contributed by atoms with Crippen molar-refractivity contribution in [1.29, 1.82) is 0 Å². The molecule has 23 heteroatoms. The number of fused-ring (bicyclic) bond motifs is 3. The molecule has 0 unspecified atom stereocenters. The van der Waals surface area contributed by atoms with E-state index in [1.807, 2.05) is 74.4 Å². The van der Waals surface area contributed by atoms with Gasteiger partial charge in [0.05, 0.1) is 57.4 Å². The Balaban J connectivity index is 0.674. The van der Waals surface area contributed by atoms with Crippen molar-refractivity contribution in [2.45, 2.75) is 225 Å². The van der Waals surface area contributed by atoms with E-state index in [0.29, 0.717) is 84.4 Å². The van der Waals surface area contributed by atoms with Gasteiger partial charge in [0.25, 0.3) is 11.8 Å². The highest BCUT2D eigenvalue weighted by Gasteiger charge is 2.57. The van der Waals surface area contributed by atoms with Gasteiger partial charge in [-0.05, 0) is 171 Å². The smallest absolute Gasteiger partial charge is 0.258 e. The van der Waals surface area contributed by atoms with Gasteiger partial charge in [-0.1, -0.05) is 70.7 Å². The zero-order valence-electron chi connectivity index (χ0n) is 58.2. The maximum atomic E-state index is 16.0. The van der Waals surface area contributed by atoms with E-state index >= 15 is 9.18 Å². The number of aryl methyl sites for hydroxylation is 2. The molecule has 0 radical (unpaired) electrons. The number of unbranched alkanes of at least 4 members (excludes halogenated alkanes) is 4. The highest BCUT2D eigenvalue weighted by Crippen LogP contribution is 2.53. The van der Waals surface area contributed by atoms with Gasteiger partial charge in [-0.3, -0.25) is 28.8 Å². The number of hydrogen-bond acceptors (Lipinski definition) is 14. The van der Waals surface area contributed by atoms with E-state index in [9.17, 15) is 33.5 Å². The number of likely N-dealkylation sites (tertiary alicyclic amines) is 3. The molecule has 3 atom stereocenters. The Morgan fingerprint density at radius 1 is 0.827 bits per heavy atom. The Hall–Kier alpha value is -7.89. The standard InChI is InChI=1S/C75H96F2N12O8S/c1-44(2)81-68(92)54-38-58(56(76)32-46(54)5)83-67-64-59(79-42-88(64)45(3)4)39-57(82-67)48-21-22-55-60(33-48)89(52-35-51(36-52)85-27-15-13-16-28-85)72(96)74(55)25-29-86(30-26-74)63(91)18-14-11-10-12-17-31-97-62-34-49(65-47(6)80-43-98-65)19-20-50(62)40-78-69(93)61-37-53(90)41-87(61)70(94)66(73(7,8)9)84-71(95)75(77)23-24-75/h19-22,32-34,38-39,42-45,51-53,61,66,90H,10-18,23-31,35-37,40-41H2,1-9H3,(H,78,93)(H,81,92)(H,82,83)(H,84,95)/t51?,52?,53-,61+,66-/m1/s1. The van der Waals surface area contributed by atoms with E-state index in [2.05, 4.69) is 48.2 Å². The maximum absolute atomic E-state index is 16.0. The van der Waals surface area contributed by atoms with Crippen LogP contribution in [-0.2, 0) is 35.9 Å². The lowest BCUT2D eigenvalue weighted by atomic mass is 9.73. The number of imidazole rings is 1. The second kappa shape index (κ2) is 28.8. The Kier molecular flexibility index (Phi) is 20.5. The van der Waals surface area contributed by atoms with Crippen LogP contribution in [0.1, 0.15) is 190 Å². The molecule has 98 heavy (non-hydrogen) atoms. The minimum atomic E-state index is -1.99. The Morgan fingerprint density at radius 3 is 2.24 bits per heavy atom. The Bertz CT molecular complexity index is 3990. The molecule has 5 fully saturated rings. The summed E-state index contributed by atoms with van der Waals surface area (Å²) >= 11 is 1.52. The van der Waals surface area contributed by atoms with E-state index < -0.39 is 58.2 Å². The fraction of sp³-hybridized carbons (Fsp3) is 0.560. The fourth-order valence-corrected chi connectivity index (χ4v) is 15.9. The van der Waals surface area contributed by atoms with Crippen LogP contribution in [0.2, 0.25) is 0 Å². The van der Waals surface area contributed by atoms with Crippen LogP contribution in [0, 0.1) is 25.1 Å². The molecule has 2 saturated carbocycles. The zero-order valence-corrected chi connectivity index (χ0v) is 59.0. The SMILES string of the molecule is Cc1cc(F)c(Nc2nc(-c3ccc4c(c3)N(C3CC(N5CCCCC5)C3)C(=O)C43CCN(C(=O)CCCCCCCOc4cc(-c5scnc5C)ccc4CNC(=O)[C@@H]4C[C@@H](O)CN4C(=O)[C@@H](NC(=O)C4(F)CC4)C(C)(C)C)CC3)cc3ncn(C(C)C)c23)cc1C(=O)NC(C)C. The van der Waals surface area contributed by atoms with Crippen LogP contribution in [0.3, 0.4) is 0 Å². The van der Waals surface area contributed by atoms with Crippen LogP contribution >= 0.6 is 11.3 Å². The second-order valence-corrected chi connectivity index (χ2v) is 30.8. The topological polar surface area (TPSA) is 237 Å². The molecule has 4 aliphatic heterocycles. The van der Waals surface area contributed by atoms with E-state index in [0.717, 1.165) is 96.5 Å². The molecule has 2 aliphatic carbocycles. The summed E-state index contributed by atoms with van der Waals surface area (Å²) < 4.78 is 39.3. The van der Waals surface area contributed by atoms with Gasteiger partial charge in [-0.15, -0.1) is 11.3 Å². The number of amides is 6. The average molecular weight is 1360 g/mol. The van der Waals surface area contributed by atoms with Gasteiger partial charge < -0.3 is 55.3 Å². The number of alkyl halides is 1. The van der Waals surface area contributed by atoms with E-state index in [-0.39, 0.29) is 73.9 Å². The lowest BCUT2D eigenvalue weighted by molar-refractivity contribution is -0.145. The molecule has 12 rings (SSSR count). The summed E-state index contributed by atoms with van der Waals surface area (Å²) in [5.41, 5.74) is 6.31. The normalized spacial score (nSPS) is 20.8. The first-order valence-electron chi connectivity index (χ1n) is 35.5. The maximum Gasteiger partial charge on any atom is 0.258 e. The molecule has 5 N–H and O–H groups in total. The number of aliphatic hydroxyl groups excluding tert-OH is 1. The average Bonchev–Trinajstić information content (AvgIpc) is 1.55. The van der Waals surface area contributed by atoms with Crippen LogP contribution in [0.15, 0.2) is 66.4 Å². The van der Waals surface area contributed by atoms with Gasteiger partial charge in [0.15, 0.2) is 11.5 Å². The molecule has 0 bridgehead atoms. The minimum absolute atomic E-state index is 0.00278. The predicted octanol–water partition coefficient (Wildman–Crippen LogP) is 11.7. The number of thiazole rings is 1. The first kappa shape index (κ1) is 70.0. The molecule has 6 aliphatic rings. The number of carbonyl (C=O) groups excluding carboxylic acids is 6. The van der Waals surface area contributed by atoms with Crippen molar-refractivity contribution < 1.29 is 47.4 Å². The number of β-amino-alcohol motifs (C(OH)–C–C–N with tert-alkyl or cyclic N) is 1. The number of pyridine rings is 1. The van der Waals surface area contributed by atoms with Gasteiger partial charge in [0.2, 0.25) is 23.6 Å². The summed E-state index contributed by atoms with van der Waals surface area (Å²) in [4.78, 5) is 107. The summed E-state index contributed by atoms with van der Waals surface area (Å²) in [6.45, 7) is 20.3. The number of rotatable bonds is 24. The van der Waals surface area contributed by atoms with E-state index in [1.165, 1.54) is 47.6 Å². The molecule has 6 aromatic rings. The van der Waals surface area contributed by atoms with Gasteiger partial charge in [0, 0.05) is 85.6 Å². The summed E-state index contributed by atoms with van der Waals surface area (Å²) in [5, 5.41) is 22.6. The van der Waals surface area contributed by atoms with Crippen molar-refractivity contribution in [1.82, 2.24) is 50.2 Å². The number of benzene rings is 3. The highest BCUT2D eigenvalue weighted by molar-refractivity contribution is 7.13. The number of hydrogen-bond donors (Lipinski definition) is 5. The lowest BCUT2D eigenvalue weighted by Gasteiger charge is -2.48. The number of aliphatic hydroxyl groups is 1. The van der Waals surface area contributed by atoms with Crippen molar-refractivity contribution in [3.63, 3.8) is 0 Å². The molecule has 6 amide bonds. The van der Waals surface area contributed by atoms with Crippen LogP contribution in [-0.4, -0.2) is 156 Å². The monoisotopic (exact) mass is 1360 g/mol. The second-order valence-electron chi connectivity index (χ2n) is 29.9. The first-order chi connectivity index (χ1) is 46.8. The fourth-order valence-electron chi connectivity index (χ4n) is 15.1.